The normalized spacial score (nSPS) is 17.7. The van der Waals surface area contributed by atoms with Gasteiger partial charge in [-0.2, -0.15) is 0 Å². The standard InChI is InChI=1S/C20H25N5O2.H2/c1-20(2,27)16-8-7-14(9-21-16)15-10-22-18-19(24-15)25(17(26)11-23-18)12-13-5-3-4-6-13;/h7-10,13,27H,3-6,11-12H2,1-2H3,(H,22,23);1H. The van der Waals surface area contributed by atoms with Gasteiger partial charge < -0.3 is 10.4 Å². The van der Waals surface area contributed by atoms with Crippen LogP contribution in [0.3, 0.4) is 0 Å². The highest BCUT2D eigenvalue weighted by Crippen LogP contribution is 2.32. The molecule has 3 heterocycles. The number of hydrogen-bond donors (Lipinski definition) is 2. The first-order chi connectivity index (χ1) is 12.9. The summed E-state index contributed by atoms with van der Waals surface area (Å²) in [5.74, 6) is 1.83. The van der Waals surface area contributed by atoms with Gasteiger partial charge in [-0.25, -0.2) is 9.97 Å². The highest BCUT2D eigenvalue weighted by molar-refractivity contribution is 6.00. The van der Waals surface area contributed by atoms with Crippen LogP contribution in [0.1, 0.15) is 46.7 Å². The van der Waals surface area contributed by atoms with Crippen molar-refractivity contribution in [2.45, 2.75) is 45.1 Å². The maximum Gasteiger partial charge on any atom is 0.247 e. The molecule has 0 atom stereocenters. The smallest absolute Gasteiger partial charge is 0.247 e. The Hall–Kier alpha value is -2.54. The van der Waals surface area contributed by atoms with Gasteiger partial charge in [0.05, 0.1) is 24.1 Å². The van der Waals surface area contributed by atoms with Crippen molar-refractivity contribution in [1.82, 2.24) is 15.0 Å². The summed E-state index contributed by atoms with van der Waals surface area (Å²) in [5, 5.41) is 13.1. The number of rotatable bonds is 4. The van der Waals surface area contributed by atoms with Gasteiger partial charge in [0.25, 0.3) is 0 Å². The van der Waals surface area contributed by atoms with Gasteiger partial charge in [-0.3, -0.25) is 14.7 Å². The molecular weight excluding hydrogens is 342 g/mol. The minimum Gasteiger partial charge on any atom is -0.384 e. The third kappa shape index (κ3) is 3.64. The van der Waals surface area contributed by atoms with E-state index in [0.29, 0.717) is 35.5 Å². The number of aliphatic hydroxyl groups is 1. The second-order valence-corrected chi connectivity index (χ2v) is 7.93. The fourth-order valence-electron chi connectivity index (χ4n) is 3.75. The van der Waals surface area contributed by atoms with Crippen LogP contribution in [0.2, 0.25) is 0 Å². The Labute approximate surface area is 160 Å². The van der Waals surface area contributed by atoms with Gasteiger partial charge in [-0.15, -0.1) is 0 Å². The number of hydrogen-bond acceptors (Lipinski definition) is 6. The molecule has 0 aromatic carbocycles. The van der Waals surface area contributed by atoms with Crippen LogP contribution >= 0.6 is 0 Å². The van der Waals surface area contributed by atoms with Crippen LogP contribution in [0.15, 0.2) is 24.5 Å². The van der Waals surface area contributed by atoms with Crippen LogP contribution in [0, 0.1) is 5.92 Å². The molecule has 2 aliphatic rings. The van der Waals surface area contributed by atoms with E-state index in [1.165, 1.54) is 25.7 Å². The summed E-state index contributed by atoms with van der Waals surface area (Å²) in [7, 11) is 0. The van der Waals surface area contributed by atoms with Crippen molar-refractivity contribution in [3.05, 3.63) is 30.2 Å². The Balaban J connectivity index is 0.00000225. The molecule has 1 aliphatic carbocycles. The first-order valence-corrected chi connectivity index (χ1v) is 9.52. The van der Waals surface area contributed by atoms with Gasteiger partial charge in [-0.1, -0.05) is 12.8 Å². The fraction of sp³-hybridized carbons (Fsp3) is 0.500. The van der Waals surface area contributed by atoms with Crippen molar-refractivity contribution < 1.29 is 11.3 Å². The zero-order valence-corrected chi connectivity index (χ0v) is 15.8. The van der Waals surface area contributed by atoms with E-state index in [4.69, 9.17) is 4.98 Å². The summed E-state index contributed by atoms with van der Waals surface area (Å²) in [5.41, 5.74) is 1.07. The van der Waals surface area contributed by atoms with Gasteiger partial charge in [0.2, 0.25) is 5.91 Å². The van der Waals surface area contributed by atoms with E-state index in [1.54, 1.807) is 37.2 Å². The van der Waals surface area contributed by atoms with Gasteiger partial charge in [0, 0.05) is 19.7 Å². The maximum absolute atomic E-state index is 12.5. The van der Waals surface area contributed by atoms with Crippen molar-refractivity contribution in [3.8, 4) is 11.3 Å². The Morgan fingerprint density at radius 3 is 2.70 bits per heavy atom. The SMILES string of the molecule is CC(C)(O)c1ccc(-c2cnc3c(n2)N(CC2CCCC2)C(=O)CN3)cn1.[HH]. The van der Waals surface area contributed by atoms with Crippen LogP contribution in [0.4, 0.5) is 11.6 Å². The van der Waals surface area contributed by atoms with E-state index in [-0.39, 0.29) is 13.9 Å². The van der Waals surface area contributed by atoms with Gasteiger partial charge in [-0.05, 0) is 44.7 Å². The molecule has 1 fully saturated rings. The Bertz CT molecular complexity index is 845. The molecule has 2 N–H and O–H groups in total. The molecule has 2 aromatic heterocycles. The number of amides is 1. The minimum absolute atomic E-state index is 0. The van der Waals surface area contributed by atoms with E-state index in [1.807, 2.05) is 6.07 Å². The monoisotopic (exact) mass is 369 g/mol. The topological polar surface area (TPSA) is 91.2 Å². The summed E-state index contributed by atoms with van der Waals surface area (Å²) in [6.07, 6.45) is 8.19. The Morgan fingerprint density at radius 1 is 1.26 bits per heavy atom. The van der Waals surface area contributed by atoms with Crippen LogP contribution in [-0.2, 0) is 10.4 Å². The van der Waals surface area contributed by atoms with Crippen LogP contribution < -0.4 is 10.2 Å². The van der Waals surface area contributed by atoms with Crippen LogP contribution in [0.25, 0.3) is 11.3 Å². The summed E-state index contributed by atoms with van der Waals surface area (Å²) < 4.78 is 0. The number of nitrogens with one attached hydrogen (secondary N) is 1. The van der Waals surface area contributed by atoms with Crippen molar-refractivity contribution in [3.63, 3.8) is 0 Å². The molecule has 1 saturated carbocycles. The number of nitrogens with zero attached hydrogens (tertiary/aromatic N) is 4. The summed E-state index contributed by atoms with van der Waals surface area (Å²) in [6.45, 7) is 4.37. The van der Waals surface area contributed by atoms with Crippen LogP contribution in [0.5, 0.6) is 0 Å². The average molecular weight is 369 g/mol. The lowest BCUT2D eigenvalue weighted by Crippen LogP contribution is -2.43. The molecular formula is C20H27N5O2. The van der Waals surface area contributed by atoms with Gasteiger partial charge in [0.1, 0.15) is 5.60 Å². The predicted octanol–water partition coefficient (Wildman–Crippen LogP) is 2.96. The lowest BCUT2D eigenvalue weighted by Gasteiger charge is -2.30. The molecule has 0 saturated heterocycles. The number of fused-ring (bicyclic) bond motifs is 1. The van der Waals surface area contributed by atoms with Crippen LogP contribution in [-0.4, -0.2) is 39.1 Å². The largest absolute Gasteiger partial charge is 0.384 e. The molecule has 0 bridgehead atoms. The Kier molecular flexibility index (Phi) is 4.55. The number of anilines is 2. The molecule has 4 rings (SSSR count). The van der Waals surface area contributed by atoms with E-state index >= 15 is 0 Å². The van der Waals surface area contributed by atoms with E-state index < -0.39 is 5.60 Å². The molecule has 7 nitrogen and oxygen atoms in total. The molecule has 0 unspecified atom stereocenters. The summed E-state index contributed by atoms with van der Waals surface area (Å²) in [6, 6.07) is 3.66. The maximum atomic E-state index is 12.5. The molecule has 27 heavy (non-hydrogen) atoms. The third-order valence-electron chi connectivity index (χ3n) is 5.32. The van der Waals surface area contributed by atoms with Crippen molar-refractivity contribution in [2.75, 3.05) is 23.3 Å². The highest BCUT2D eigenvalue weighted by atomic mass is 16.3. The molecule has 1 amide bonds. The molecule has 0 spiro atoms. The lowest BCUT2D eigenvalue weighted by molar-refractivity contribution is -0.117. The lowest BCUT2D eigenvalue weighted by atomic mass is 10.0. The number of carbonyl (C=O) groups excluding carboxylic acids is 1. The van der Waals surface area contributed by atoms with E-state index in [9.17, 15) is 9.90 Å². The fourth-order valence-corrected chi connectivity index (χ4v) is 3.75. The summed E-state index contributed by atoms with van der Waals surface area (Å²) >= 11 is 0. The number of pyridine rings is 1. The minimum atomic E-state index is -0.992. The Morgan fingerprint density at radius 2 is 2.04 bits per heavy atom. The molecule has 144 valence electrons. The van der Waals surface area contributed by atoms with Crippen molar-refractivity contribution in [1.29, 1.82) is 0 Å². The van der Waals surface area contributed by atoms with Gasteiger partial charge in [0.15, 0.2) is 11.6 Å². The van der Waals surface area contributed by atoms with Gasteiger partial charge >= 0.3 is 0 Å². The molecule has 0 radical (unpaired) electrons. The molecule has 1 aliphatic heterocycles. The molecule has 7 heteroatoms. The van der Waals surface area contributed by atoms with Crippen molar-refractivity contribution >= 4 is 17.5 Å². The second kappa shape index (κ2) is 6.88. The predicted molar refractivity (Wildman–Crippen MR) is 105 cm³/mol. The first-order valence-electron chi connectivity index (χ1n) is 9.52. The quantitative estimate of drug-likeness (QED) is 0.861. The second-order valence-electron chi connectivity index (χ2n) is 7.93. The zero-order chi connectivity index (χ0) is 19.0. The number of carbonyl (C=O) groups is 1. The zero-order valence-electron chi connectivity index (χ0n) is 15.8. The summed E-state index contributed by atoms with van der Waals surface area (Å²) in [4.78, 5) is 27.8. The number of aromatic nitrogens is 3. The van der Waals surface area contributed by atoms with Crippen molar-refractivity contribution in [2.24, 2.45) is 5.92 Å². The van der Waals surface area contributed by atoms with E-state index in [0.717, 1.165) is 5.56 Å². The highest BCUT2D eigenvalue weighted by Gasteiger charge is 2.30. The molecule has 2 aromatic rings. The third-order valence-corrected chi connectivity index (χ3v) is 5.32. The average Bonchev–Trinajstić information content (AvgIpc) is 3.16. The first kappa shape index (κ1) is 17.9. The van der Waals surface area contributed by atoms with E-state index in [2.05, 4.69) is 15.3 Å².